The number of hydrogen-bond acceptors (Lipinski definition) is 0. The number of rotatable bonds is 0. The topological polar surface area (TPSA) is 0 Å². The van der Waals surface area contributed by atoms with E-state index in [0.717, 1.165) is 0 Å². The van der Waals surface area contributed by atoms with Crippen LogP contribution >= 0.6 is 0 Å². The Bertz CT molecular complexity index is 586. The minimum atomic E-state index is 1.17. The summed E-state index contributed by atoms with van der Waals surface area (Å²) in [6.07, 6.45) is 21.4. The molecule has 8 aliphatic carbocycles. The lowest BCUT2D eigenvalue weighted by molar-refractivity contribution is -0.252. The predicted octanol–water partition coefficient (Wildman–Crippen LogP) is 6.79. The van der Waals surface area contributed by atoms with Gasteiger partial charge in [0.1, 0.15) is 0 Å². The summed E-state index contributed by atoms with van der Waals surface area (Å²) in [5.74, 6) is 16.8. The van der Waals surface area contributed by atoms with Crippen LogP contribution in [0.2, 0.25) is 0 Å². The standard InChI is InChI=1S/C27H40/c1-2-17-12-19-10-8-15-6-4-14-5-7-16-9-11-20-13-18(3-1)21(17)27-25(19)23(15)22(14)24(16)26(20)27/h14-27H,1-13H2. The van der Waals surface area contributed by atoms with Gasteiger partial charge in [-0.3, -0.25) is 0 Å². The van der Waals surface area contributed by atoms with Gasteiger partial charge < -0.3 is 0 Å². The van der Waals surface area contributed by atoms with E-state index < -0.39 is 0 Å². The summed E-state index contributed by atoms with van der Waals surface area (Å²) in [5, 5.41) is 0. The van der Waals surface area contributed by atoms with E-state index in [0.29, 0.717) is 0 Å². The Morgan fingerprint density at radius 3 is 1.04 bits per heavy atom. The van der Waals surface area contributed by atoms with Crippen LogP contribution in [0.1, 0.15) is 83.5 Å². The van der Waals surface area contributed by atoms with Crippen LogP contribution < -0.4 is 0 Å². The first-order valence-electron chi connectivity index (χ1n) is 13.4. The molecule has 10 atom stereocenters. The van der Waals surface area contributed by atoms with Crippen LogP contribution in [0.3, 0.4) is 0 Å². The van der Waals surface area contributed by atoms with Crippen molar-refractivity contribution in [3.05, 3.63) is 0 Å². The Morgan fingerprint density at radius 2 is 0.593 bits per heavy atom. The third kappa shape index (κ3) is 1.85. The molecular weight excluding hydrogens is 324 g/mol. The monoisotopic (exact) mass is 364 g/mol. The minimum absolute atomic E-state index is 1.17. The lowest BCUT2D eigenvalue weighted by Crippen LogP contribution is -2.67. The van der Waals surface area contributed by atoms with Crippen molar-refractivity contribution in [2.24, 2.45) is 82.9 Å². The van der Waals surface area contributed by atoms with Gasteiger partial charge in [-0.25, -0.2) is 0 Å². The normalized spacial score (nSPS) is 67.6. The molecule has 0 N–H and O–H groups in total. The summed E-state index contributed by atoms with van der Waals surface area (Å²) in [4.78, 5) is 0. The zero-order valence-electron chi connectivity index (χ0n) is 17.3. The Morgan fingerprint density at radius 1 is 0.259 bits per heavy atom. The highest BCUT2D eigenvalue weighted by molar-refractivity contribution is 5.16. The lowest BCUT2D eigenvalue weighted by Gasteiger charge is -2.73. The molecule has 0 bridgehead atoms. The van der Waals surface area contributed by atoms with Gasteiger partial charge in [0.15, 0.2) is 0 Å². The van der Waals surface area contributed by atoms with E-state index in [2.05, 4.69) is 0 Å². The highest BCUT2D eigenvalue weighted by Gasteiger charge is 2.68. The SMILES string of the molecule is C1CC2CC3CCC4CCC5CCC6CCC7CC(C1)C2C1C3C4C5C6C71. The van der Waals surface area contributed by atoms with Crippen LogP contribution in [0.25, 0.3) is 0 Å². The second kappa shape index (κ2) is 5.37. The zero-order valence-corrected chi connectivity index (χ0v) is 17.3. The molecule has 0 spiro atoms. The molecule has 8 aliphatic rings. The molecule has 8 saturated carbocycles. The summed E-state index contributed by atoms with van der Waals surface area (Å²) >= 11 is 0. The Labute approximate surface area is 166 Å². The molecule has 0 saturated heterocycles. The van der Waals surface area contributed by atoms with Crippen LogP contribution in [0.4, 0.5) is 0 Å². The first kappa shape index (κ1) is 15.8. The maximum absolute atomic E-state index is 1.69. The molecule has 0 heteroatoms. The minimum Gasteiger partial charge on any atom is -0.0528 e. The Balaban J connectivity index is 1.32. The van der Waals surface area contributed by atoms with Crippen molar-refractivity contribution < 1.29 is 0 Å². The lowest BCUT2D eigenvalue weighted by atomic mass is 9.31. The zero-order chi connectivity index (χ0) is 17.3. The summed E-state index contributed by atoms with van der Waals surface area (Å²) in [6, 6.07) is 0. The average molecular weight is 365 g/mol. The molecule has 0 nitrogen and oxygen atoms in total. The highest BCUT2D eigenvalue weighted by atomic mass is 14.7. The molecule has 8 fully saturated rings. The van der Waals surface area contributed by atoms with Crippen LogP contribution in [-0.2, 0) is 0 Å². The van der Waals surface area contributed by atoms with E-state index in [9.17, 15) is 0 Å². The fraction of sp³-hybridized carbons (Fsp3) is 1.00. The molecule has 0 aliphatic heterocycles. The van der Waals surface area contributed by atoms with Crippen LogP contribution in [0, 0.1) is 82.9 Å². The van der Waals surface area contributed by atoms with E-state index in [-0.39, 0.29) is 0 Å². The van der Waals surface area contributed by atoms with E-state index in [1.54, 1.807) is 83.5 Å². The summed E-state index contributed by atoms with van der Waals surface area (Å²) in [5.41, 5.74) is 0. The van der Waals surface area contributed by atoms with Crippen molar-refractivity contribution in [1.82, 2.24) is 0 Å². The van der Waals surface area contributed by atoms with Gasteiger partial charge in [-0.1, -0.05) is 19.3 Å². The van der Waals surface area contributed by atoms with Crippen LogP contribution in [0.5, 0.6) is 0 Å². The fourth-order valence-electron chi connectivity index (χ4n) is 12.8. The van der Waals surface area contributed by atoms with Crippen molar-refractivity contribution in [2.75, 3.05) is 0 Å². The quantitative estimate of drug-likeness (QED) is 0.444. The van der Waals surface area contributed by atoms with Crippen molar-refractivity contribution in [1.29, 1.82) is 0 Å². The third-order valence-electron chi connectivity index (χ3n) is 12.9. The van der Waals surface area contributed by atoms with Crippen LogP contribution in [0.15, 0.2) is 0 Å². The van der Waals surface area contributed by atoms with Gasteiger partial charge in [0.05, 0.1) is 0 Å². The molecule has 148 valence electrons. The van der Waals surface area contributed by atoms with Gasteiger partial charge in [-0.05, 0) is 147 Å². The predicted molar refractivity (Wildman–Crippen MR) is 109 cm³/mol. The summed E-state index contributed by atoms with van der Waals surface area (Å²) < 4.78 is 0. The van der Waals surface area contributed by atoms with Gasteiger partial charge >= 0.3 is 0 Å². The maximum Gasteiger partial charge on any atom is -0.0313 e. The molecule has 0 radical (unpaired) electrons. The molecule has 0 aromatic rings. The molecule has 0 aromatic heterocycles. The summed E-state index contributed by atoms with van der Waals surface area (Å²) in [6.45, 7) is 0. The third-order valence-corrected chi connectivity index (χ3v) is 12.9. The van der Waals surface area contributed by atoms with Crippen molar-refractivity contribution in [2.45, 2.75) is 83.5 Å². The van der Waals surface area contributed by atoms with Crippen molar-refractivity contribution in [3.8, 4) is 0 Å². The van der Waals surface area contributed by atoms with Gasteiger partial charge in [0.2, 0.25) is 0 Å². The second-order valence-corrected chi connectivity index (χ2v) is 13.1. The van der Waals surface area contributed by atoms with E-state index in [1.807, 2.05) is 0 Å². The average Bonchev–Trinajstić information content (AvgIpc) is 2.72. The van der Waals surface area contributed by atoms with Gasteiger partial charge in [0.25, 0.3) is 0 Å². The van der Waals surface area contributed by atoms with Gasteiger partial charge in [0, 0.05) is 0 Å². The molecule has 0 heterocycles. The molecular formula is C27H40. The van der Waals surface area contributed by atoms with E-state index in [1.165, 1.54) is 82.9 Å². The van der Waals surface area contributed by atoms with Crippen LogP contribution in [-0.4, -0.2) is 0 Å². The highest BCUT2D eigenvalue weighted by Crippen LogP contribution is 2.74. The fourth-order valence-corrected chi connectivity index (χ4v) is 12.8. The maximum atomic E-state index is 1.69. The molecule has 10 unspecified atom stereocenters. The number of hydrogen-bond donors (Lipinski definition) is 0. The van der Waals surface area contributed by atoms with Crippen molar-refractivity contribution >= 4 is 0 Å². The second-order valence-electron chi connectivity index (χ2n) is 13.1. The first-order chi connectivity index (χ1) is 13.4. The molecule has 27 heavy (non-hydrogen) atoms. The van der Waals surface area contributed by atoms with E-state index >= 15 is 0 Å². The smallest absolute Gasteiger partial charge is 0.0313 e. The largest absolute Gasteiger partial charge is 0.0528 e. The van der Waals surface area contributed by atoms with Gasteiger partial charge in [-0.2, -0.15) is 0 Å². The molecule has 0 amide bonds. The van der Waals surface area contributed by atoms with Gasteiger partial charge in [-0.15, -0.1) is 0 Å². The van der Waals surface area contributed by atoms with E-state index in [4.69, 9.17) is 0 Å². The Hall–Kier alpha value is 0. The molecule has 0 aromatic carbocycles. The summed E-state index contributed by atoms with van der Waals surface area (Å²) in [7, 11) is 0. The molecule has 8 rings (SSSR count). The first-order valence-corrected chi connectivity index (χ1v) is 13.4. The Kier molecular flexibility index (Phi) is 3.14. The van der Waals surface area contributed by atoms with Crippen molar-refractivity contribution in [3.63, 3.8) is 0 Å².